The topological polar surface area (TPSA) is 95.1 Å². The summed E-state index contributed by atoms with van der Waals surface area (Å²) >= 11 is 5.82. The van der Waals surface area contributed by atoms with Gasteiger partial charge in [-0.3, -0.25) is 9.59 Å². The van der Waals surface area contributed by atoms with Gasteiger partial charge < -0.3 is 15.4 Å². The molecular weight excluding hydrogens is 330 g/mol. The van der Waals surface area contributed by atoms with Crippen LogP contribution < -0.4 is 10.9 Å². The number of fused-ring (bicyclic) bond motifs is 1. The minimum absolute atomic E-state index is 0.258. The Kier molecular flexibility index (Phi) is 4.09. The summed E-state index contributed by atoms with van der Waals surface area (Å²) in [5.41, 5.74) is -0.700. The zero-order valence-corrected chi connectivity index (χ0v) is 13.5. The van der Waals surface area contributed by atoms with E-state index in [9.17, 15) is 14.7 Å². The number of nitrogens with zero attached hydrogens (tertiary/aromatic N) is 1. The first kappa shape index (κ1) is 16.2. The van der Waals surface area contributed by atoms with Crippen LogP contribution in [-0.2, 0) is 10.4 Å². The maximum Gasteiger partial charge on any atom is 0.260 e. The number of H-pyrrole nitrogens is 1. The van der Waals surface area contributed by atoms with E-state index in [0.29, 0.717) is 27.2 Å². The Labute approximate surface area is 142 Å². The molecule has 0 saturated heterocycles. The molecule has 3 aromatic rings. The van der Waals surface area contributed by atoms with E-state index < -0.39 is 11.5 Å². The zero-order valence-electron chi connectivity index (χ0n) is 12.7. The lowest BCUT2D eigenvalue weighted by atomic mass is 9.95. The van der Waals surface area contributed by atoms with Crippen molar-refractivity contribution in [2.75, 3.05) is 5.32 Å². The second-order valence-electron chi connectivity index (χ2n) is 5.50. The van der Waals surface area contributed by atoms with Crippen molar-refractivity contribution in [3.8, 4) is 0 Å². The van der Waals surface area contributed by atoms with Crippen LogP contribution in [0.15, 0.2) is 53.6 Å². The van der Waals surface area contributed by atoms with Crippen LogP contribution in [0.1, 0.15) is 12.5 Å². The Hall–Kier alpha value is -2.70. The Morgan fingerprint density at radius 3 is 2.67 bits per heavy atom. The van der Waals surface area contributed by atoms with E-state index in [-0.39, 0.29) is 5.56 Å². The van der Waals surface area contributed by atoms with Crippen LogP contribution in [0.4, 0.5) is 5.69 Å². The van der Waals surface area contributed by atoms with Crippen molar-refractivity contribution in [2.45, 2.75) is 12.5 Å². The van der Waals surface area contributed by atoms with E-state index in [1.165, 1.54) is 13.3 Å². The Morgan fingerprint density at radius 2 is 1.96 bits per heavy atom. The second kappa shape index (κ2) is 6.07. The first-order valence-electron chi connectivity index (χ1n) is 7.15. The van der Waals surface area contributed by atoms with E-state index in [2.05, 4.69) is 15.3 Å². The number of nitrogens with one attached hydrogen (secondary N) is 2. The smallest absolute Gasteiger partial charge is 0.260 e. The maximum atomic E-state index is 12.4. The molecule has 0 spiro atoms. The third kappa shape index (κ3) is 3.02. The average Bonchev–Trinajstić information content (AvgIpc) is 2.55. The lowest BCUT2D eigenvalue weighted by Crippen LogP contribution is -2.37. The molecule has 0 fully saturated rings. The van der Waals surface area contributed by atoms with Gasteiger partial charge in [0.1, 0.15) is 0 Å². The highest BCUT2D eigenvalue weighted by atomic mass is 35.5. The van der Waals surface area contributed by atoms with Crippen molar-refractivity contribution in [2.24, 2.45) is 0 Å². The van der Waals surface area contributed by atoms with Gasteiger partial charge in [-0.25, -0.2) is 4.98 Å². The molecule has 0 unspecified atom stereocenters. The third-order valence-corrected chi connectivity index (χ3v) is 4.00. The molecule has 1 atom stereocenters. The Balaban J connectivity index is 1.88. The number of halogens is 1. The van der Waals surface area contributed by atoms with Crippen LogP contribution in [0.3, 0.4) is 0 Å². The molecular formula is C17H14ClN3O3. The van der Waals surface area contributed by atoms with Gasteiger partial charge in [-0.2, -0.15) is 0 Å². The number of hydrogen-bond donors (Lipinski definition) is 3. The lowest BCUT2D eigenvalue weighted by Gasteiger charge is -2.23. The molecule has 24 heavy (non-hydrogen) atoms. The van der Waals surface area contributed by atoms with E-state index in [0.717, 1.165) is 0 Å². The maximum absolute atomic E-state index is 12.4. The van der Waals surface area contributed by atoms with Crippen LogP contribution in [-0.4, -0.2) is 21.0 Å². The van der Waals surface area contributed by atoms with Crippen molar-refractivity contribution in [3.05, 3.63) is 69.7 Å². The quantitative estimate of drug-likeness (QED) is 0.680. The van der Waals surface area contributed by atoms with Crippen molar-refractivity contribution < 1.29 is 9.90 Å². The zero-order chi connectivity index (χ0) is 17.3. The number of aliphatic hydroxyl groups is 1. The highest BCUT2D eigenvalue weighted by molar-refractivity contribution is 6.30. The fraction of sp³-hybridized carbons (Fsp3) is 0.118. The summed E-state index contributed by atoms with van der Waals surface area (Å²) in [6.45, 7) is 1.40. The molecule has 0 saturated carbocycles. The SMILES string of the molecule is C[C@](O)(C(=O)Nc1ccc2c(=O)[nH]cnc2c1)c1ccc(Cl)cc1. The molecule has 2 aromatic carbocycles. The molecule has 1 heterocycles. The van der Waals surface area contributed by atoms with Gasteiger partial charge in [0.15, 0.2) is 5.60 Å². The monoisotopic (exact) mass is 343 g/mol. The number of anilines is 1. The van der Waals surface area contributed by atoms with E-state index >= 15 is 0 Å². The van der Waals surface area contributed by atoms with Gasteiger partial charge in [0, 0.05) is 10.7 Å². The standard InChI is InChI=1S/C17H14ClN3O3/c1-17(24,10-2-4-11(18)5-3-10)16(23)21-12-6-7-13-14(8-12)19-9-20-15(13)22/h2-9,24H,1H3,(H,21,23)(H,19,20,22)/t17-/m1/s1. The summed E-state index contributed by atoms with van der Waals surface area (Å²) in [4.78, 5) is 30.6. The molecule has 0 aliphatic carbocycles. The molecule has 0 aliphatic rings. The number of aromatic nitrogens is 2. The van der Waals surface area contributed by atoms with Gasteiger partial charge >= 0.3 is 0 Å². The molecule has 0 radical (unpaired) electrons. The number of carbonyl (C=O) groups excluding carboxylic acids is 1. The number of carbonyl (C=O) groups is 1. The number of hydrogen-bond acceptors (Lipinski definition) is 4. The molecule has 1 aromatic heterocycles. The molecule has 122 valence electrons. The van der Waals surface area contributed by atoms with E-state index in [1.54, 1.807) is 42.5 Å². The van der Waals surface area contributed by atoms with Crippen molar-refractivity contribution in [1.82, 2.24) is 9.97 Å². The number of benzene rings is 2. The summed E-state index contributed by atoms with van der Waals surface area (Å²) in [5.74, 6) is -0.603. The van der Waals surface area contributed by atoms with Gasteiger partial charge in [0.05, 0.1) is 17.2 Å². The summed E-state index contributed by atoms with van der Waals surface area (Å²) in [7, 11) is 0. The lowest BCUT2D eigenvalue weighted by molar-refractivity contribution is -0.133. The van der Waals surface area contributed by atoms with Gasteiger partial charge in [-0.05, 0) is 42.8 Å². The largest absolute Gasteiger partial charge is 0.376 e. The van der Waals surface area contributed by atoms with Crippen LogP contribution in [0.2, 0.25) is 5.02 Å². The summed E-state index contributed by atoms with van der Waals surface area (Å²) < 4.78 is 0. The van der Waals surface area contributed by atoms with Crippen LogP contribution in [0.5, 0.6) is 0 Å². The van der Waals surface area contributed by atoms with Crippen molar-refractivity contribution in [1.29, 1.82) is 0 Å². The number of aromatic amines is 1. The molecule has 6 nitrogen and oxygen atoms in total. The van der Waals surface area contributed by atoms with Gasteiger partial charge in [0.2, 0.25) is 0 Å². The minimum Gasteiger partial charge on any atom is -0.376 e. The van der Waals surface area contributed by atoms with Crippen molar-refractivity contribution >= 4 is 34.1 Å². The van der Waals surface area contributed by atoms with Gasteiger partial charge in [-0.15, -0.1) is 0 Å². The molecule has 0 aliphatic heterocycles. The minimum atomic E-state index is -1.73. The molecule has 7 heteroatoms. The van der Waals surface area contributed by atoms with Crippen LogP contribution in [0, 0.1) is 0 Å². The average molecular weight is 344 g/mol. The van der Waals surface area contributed by atoms with Gasteiger partial charge in [-0.1, -0.05) is 23.7 Å². The molecule has 3 N–H and O–H groups in total. The summed E-state index contributed by atoms with van der Waals surface area (Å²) in [6.07, 6.45) is 1.29. The van der Waals surface area contributed by atoms with E-state index in [4.69, 9.17) is 11.6 Å². The number of amides is 1. The van der Waals surface area contributed by atoms with E-state index in [1.807, 2.05) is 0 Å². The first-order chi connectivity index (χ1) is 11.4. The second-order valence-corrected chi connectivity index (χ2v) is 5.93. The Morgan fingerprint density at radius 1 is 1.25 bits per heavy atom. The summed E-state index contributed by atoms with van der Waals surface area (Å²) in [6, 6.07) is 11.1. The van der Waals surface area contributed by atoms with Crippen LogP contribution >= 0.6 is 11.6 Å². The third-order valence-electron chi connectivity index (χ3n) is 3.75. The molecule has 0 bridgehead atoms. The highest BCUT2D eigenvalue weighted by Crippen LogP contribution is 2.25. The van der Waals surface area contributed by atoms with Crippen LogP contribution in [0.25, 0.3) is 10.9 Å². The van der Waals surface area contributed by atoms with Crippen molar-refractivity contribution in [3.63, 3.8) is 0 Å². The Bertz CT molecular complexity index is 965. The fourth-order valence-electron chi connectivity index (χ4n) is 2.30. The van der Waals surface area contributed by atoms with Gasteiger partial charge in [0.25, 0.3) is 11.5 Å². The molecule has 3 rings (SSSR count). The predicted octanol–water partition coefficient (Wildman–Crippen LogP) is 2.42. The predicted molar refractivity (Wildman–Crippen MR) is 92.0 cm³/mol. The summed E-state index contributed by atoms with van der Waals surface area (Å²) in [5, 5.41) is 14.1. The first-order valence-corrected chi connectivity index (χ1v) is 7.53. The normalized spacial score (nSPS) is 13.5. The fourth-order valence-corrected chi connectivity index (χ4v) is 2.43. The number of rotatable bonds is 3. The highest BCUT2D eigenvalue weighted by Gasteiger charge is 2.32. The molecule has 1 amide bonds.